The van der Waals surface area contributed by atoms with E-state index in [-0.39, 0.29) is 11.8 Å². The molecule has 1 N–H and O–H groups in total. The largest absolute Gasteiger partial charge is 0.302 e. The van der Waals surface area contributed by atoms with Crippen LogP contribution < -0.4 is 5.32 Å². The summed E-state index contributed by atoms with van der Waals surface area (Å²) in [7, 11) is 0. The van der Waals surface area contributed by atoms with Gasteiger partial charge in [-0.25, -0.2) is 4.98 Å². The first-order valence-electron chi connectivity index (χ1n) is 4.93. The number of anilines is 1. The van der Waals surface area contributed by atoms with Gasteiger partial charge in [0, 0.05) is 17.0 Å². The van der Waals surface area contributed by atoms with Crippen molar-refractivity contribution in [3.8, 4) is 0 Å². The molecule has 0 aromatic carbocycles. The summed E-state index contributed by atoms with van der Waals surface area (Å²) in [6, 6.07) is 0. The third-order valence-corrected chi connectivity index (χ3v) is 3.48. The summed E-state index contributed by atoms with van der Waals surface area (Å²) in [6.45, 7) is 4.25. The summed E-state index contributed by atoms with van der Waals surface area (Å²) in [5.41, 5.74) is 0. The van der Waals surface area contributed by atoms with Crippen LogP contribution in [0.1, 0.15) is 37.5 Å². The Kier molecular flexibility index (Phi) is 2.54. The Morgan fingerprint density at radius 2 is 2.36 bits per heavy atom. The van der Waals surface area contributed by atoms with Crippen molar-refractivity contribution in [3.05, 3.63) is 11.1 Å². The molecule has 1 saturated carbocycles. The smallest absolute Gasteiger partial charge is 0.229 e. The molecule has 0 atom stereocenters. The molecule has 1 aromatic heterocycles. The number of nitrogens with one attached hydrogen (secondary N) is 1. The number of nitrogens with zero attached hydrogens (tertiary/aromatic N) is 1. The molecule has 3 nitrogen and oxygen atoms in total. The maximum absolute atomic E-state index is 11.4. The monoisotopic (exact) mass is 210 g/mol. The number of carbonyl (C=O) groups excluding carboxylic acids is 1. The first-order chi connectivity index (χ1) is 6.66. The molecule has 1 amide bonds. The molecule has 1 aliphatic rings. The lowest BCUT2D eigenvalue weighted by Crippen LogP contribution is -2.12. The van der Waals surface area contributed by atoms with Crippen LogP contribution in [0.5, 0.6) is 0 Å². The zero-order valence-electron chi connectivity index (χ0n) is 8.41. The topological polar surface area (TPSA) is 42.0 Å². The Morgan fingerprint density at radius 3 is 2.86 bits per heavy atom. The van der Waals surface area contributed by atoms with Gasteiger partial charge in [-0.05, 0) is 18.8 Å². The average molecular weight is 210 g/mol. The standard InChI is InChI=1S/C10H14N2OS/c1-6(2)8-5-11-10(14-8)12-9(13)7-3-4-7/h5-7H,3-4H2,1-2H3,(H,11,12,13). The molecular weight excluding hydrogens is 196 g/mol. The predicted octanol–water partition coefficient (Wildman–Crippen LogP) is 2.62. The first-order valence-corrected chi connectivity index (χ1v) is 5.75. The van der Waals surface area contributed by atoms with E-state index < -0.39 is 0 Å². The Balaban J connectivity index is 1.98. The SMILES string of the molecule is CC(C)c1cnc(NC(=O)C2CC2)s1. The zero-order valence-corrected chi connectivity index (χ0v) is 9.23. The number of aromatic nitrogens is 1. The highest BCUT2D eigenvalue weighted by Gasteiger charge is 2.30. The van der Waals surface area contributed by atoms with Gasteiger partial charge in [0.05, 0.1) is 0 Å². The van der Waals surface area contributed by atoms with Crippen molar-refractivity contribution in [1.29, 1.82) is 0 Å². The molecule has 14 heavy (non-hydrogen) atoms. The fourth-order valence-corrected chi connectivity index (χ4v) is 1.99. The van der Waals surface area contributed by atoms with Crippen LogP contribution in [0.3, 0.4) is 0 Å². The van der Waals surface area contributed by atoms with Crippen molar-refractivity contribution in [1.82, 2.24) is 4.98 Å². The van der Waals surface area contributed by atoms with Crippen LogP contribution in [0.4, 0.5) is 5.13 Å². The van der Waals surface area contributed by atoms with Gasteiger partial charge < -0.3 is 5.32 Å². The summed E-state index contributed by atoms with van der Waals surface area (Å²) in [6.07, 6.45) is 3.92. The lowest BCUT2D eigenvalue weighted by molar-refractivity contribution is -0.117. The second-order valence-corrected chi connectivity index (χ2v) is 5.05. The van der Waals surface area contributed by atoms with E-state index in [1.54, 1.807) is 11.3 Å². The van der Waals surface area contributed by atoms with Crippen LogP contribution >= 0.6 is 11.3 Å². The predicted molar refractivity (Wildman–Crippen MR) is 57.6 cm³/mol. The van der Waals surface area contributed by atoms with Crippen LogP contribution in [-0.2, 0) is 4.79 Å². The lowest BCUT2D eigenvalue weighted by Gasteiger charge is -1.98. The van der Waals surface area contributed by atoms with Gasteiger partial charge >= 0.3 is 0 Å². The maximum Gasteiger partial charge on any atom is 0.229 e. The average Bonchev–Trinajstić information content (AvgIpc) is 2.87. The third-order valence-electron chi connectivity index (χ3n) is 2.27. The van der Waals surface area contributed by atoms with Crippen LogP contribution in [0.2, 0.25) is 0 Å². The number of amides is 1. The molecule has 2 rings (SSSR count). The minimum absolute atomic E-state index is 0.134. The summed E-state index contributed by atoms with van der Waals surface area (Å²) in [5, 5.41) is 3.59. The highest BCUT2D eigenvalue weighted by Crippen LogP contribution is 2.31. The molecule has 0 unspecified atom stereocenters. The number of thiazole rings is 1. The van der Waals surface area contributed by atoms with Gasteiger partial charge in [0.2, 0.25) is 5.91 Å². The second-order valence-electron chi connectivity index (χ2n) is 3.99. The highest BCUT2D eigenvalue weighted by atomic mass is 32.1. The molecule has 1 fully saturated rings. The van der Waals surface area contributed by atoms with Crippen molar-refractivity contribution in [2.24, 2.45) is 5.92 Å². The summed E-state index contributed by atoms with van der Waals surface area (Å²) >= 11 is 1.57. The molecule has 0 bridgehead atoms. The van der Waals surface area contributed by atoms with E-state index in [0.717, 1.165) is 18.0 Å². The molecule has 1 aromatic rings. The maximum atomic E-state index is 11.4. The molecule has 4 heteroatoms. The van der Waals surface area contributed by atoms with Gasteiger partial charge in [-0.3, -0.25) is 4.79 Å². The number of carbonyl (C=O) groups is 1. The summed E-state index contributed by atoms with van der Waals surface area (Å²) in [4.78, 5) is 16.8. The third kappa shape index (κ3) is 2.12. The molecule has 1 heterocycles. The fourth-order valence-electron chi connectivity index (χ4n) is 1.16. The Morgan fingerprint density at radius 1 is 1.64 bits per heavy atom. The highest BCUT2D eigenvalue weighted by molar-refractivity contribution is 7.15. The molecule has 0 saturated heterocycles. The van der Waals surface area contributed by atoms with Crippen LogP contribution in [0.25, 0.3) is 0 Å². The summed E-state index contributed by atoms with van der Waals surface area (Å²) < 4.78 is 0. The van der Waals surface area contributed by atoms with Crippen molar-refractivity contribution in [2.75, 3.05) is 5.32 Å². The van der Waals surface area contributed by atoms with Crippen LogP contribution in [-0.4, -0.2) is 10.9 Å². The van der Waals surface area contributed by atoms with E-state index in [2.05, 4.69) is 24.1 Å². The van der Waals surface area contributed by atoms with Gasteiger partial charge in [-0.1, -0.05) is 13.8 Å². The minimum Gasteiger partial charge on any atom is -0.302 e. The zero-order chi connectivity index (χ0) is 10.1. The summed E-state index contributed by atoms with van der Waals surface area (Å²) in [5.74, 6) is 0.870. The number of hydrogen-bond acceptors (Lipinski definition) is 3. The lowest BCUT2D eigenvalue weighted by atomic mass is 10.2. The van der Waals surface area contributed by atoms with Crippen molar-refractivity contribution >= 4 is 22.4 Å². The van der Waals surface area contributed by atoms with Crippen LogP contribution in [0, 0.1) is 5.92 Å². The van der Waals surface area contributed by atoms with Gasteiger partial charge in [0.15, 0.2) is 5.13 Å². The van der Waals surface area contributed by atoms with E-state index in [4.69, 9.17) is 0 Å². The molecule has 1 aliphatic carbocycles. The molecule has 0 aliphatic heterocycles. The second kappa shape index (κ2) is 3.69. The van der Waals surface area contributed by atoms with Gasteiger partial charge in [-0.15, -0.1) is 11.3 Å². The molecule has 0 radical (unpaired) electrons. The van der Waals surface area contributed by atoms with Gasteiger partial charge in [-0.2, -0.15) is 0 Å². The Labute approximate surface area is 87.6 Å². The van der Waals surface area contributed by atoms with Gasteiger partial charge in [0.1, 0.15) is 0 Å². The van der Waals surface area contributed by atoms with E-state index >= 15 is 0 Å². The van der Waals surface area contributed by atoms with E-state index in [0.29, 0.717) is 5.92 Å². The first kappa shape index (κ1) is 9.65. The molecule has 76 valence electrons. The molecular formula is C10H14N2OS. The van der Waals surface area contributed by atoms with Crippen molar-refractivity contribution in [2.45, 2.75) is 32.6 Å². The molecule has 0 spiro atoms. The number of rotatable bonds is 3. The van der Waals surface area contributed by atoms with Crippen molar-refractivity contribution < 1.29 is 4.79 Å². The quantitative estimate of drug-likeness (QED) is 0.833. The Hall–Kier alpha value is -0.900. The minimum atomic E-state index is 0.134. The number of hydrogen-bond donors (Lipinski definition) is 1. The van der Waals surface area contributed by atoms with E-state index in [1.807, 2.05) is 6.20 Å². The Bertz CT molecular complexity index is 342. The van der Waals surface area contributed by atoms with Crippen LogP contribution in [0.15, 0.2) is 6.20 Å². The normalized spacial score (nSPS) is 15.9. The van der Waals surface area contributed by atoms with E-state index in [1.165, 1.54) is 4.88 Å². The van der Waals surface area contributed by atoms with E-state index in [9.17, 15) is 4.79 Å². The van der Waals surface area contributed by atoms with Crippen molar-refractivity contribution in [3.63, 3.8) is 0 Å². The van der Waals surface area contributed by atoms with Gasteiger partial charge in [0.25, 0.3) is 0 Å². The fraction of sp³-hybridized carbons (Fsp3) is 0.600.